The summed E-state index contributed by atoms with van der Waals surface area (Å²) < 4.78 is 0. The smallest absolute Gasteiger partial charge is 0.0395 e. The Bertz CT molecular complexity index is 226. The molecule has 0 saturated heterocycles. The van der Waals surface area contributed by atoms with Gasteiger partial charge in [0.25, 0.3) is 0 Å². The Morgan fingerprint density at radius 1 is 1.00 bits per heavy atom. The summed E-state index contributed by atoms with van der Waals surface area (Å²) in [5.74, 6) is 0. The molecule has 0 atom stereocenters. The van der Waals surface area contributed by atoms with E-state index in [1.165, 1.54) is 11.1 Å². The van der Waals surface area contributed by atoms with Crippen molar-refractivity contribution in [2.75, 3.05) is 0 Å². The molecule has 0 aliphatic heterocycles. The molecule has 0 heteroatoms. The van der Waals surface area contributed by atoms with Gasteiger partial charge in [-0.15, -0.1) is 13.2 Å². The first-order chi connectivity index (χ1) is 6.07. The van der Waals surface area contributed by atoms with Crippen LogP contribution in [0.3, 0.4) is 0 Å². The quantitative estimate of drug-likeness (QED) is 0.440. The molecule has 0 aliphatic carbocycles. The van der Waals surface area contributed by atoms with Gasteiger partial charge in [-0.3, -0.25) is 0 Å². The maximum atomic E-state index is 3.84. The Hall–Kier alpha value is -1.30. The van der Waals surface area contributed by atoms with Crippen LogP contribution in [-0.2, 0) is 0 Å². The van der Waals surface area contributed by atoms with Gasteiger partial charge in [-0.25, -0.2) is 0 Å². The Kier molecular flexibility index (Phi) is 9.63. The van der Waals surface area contributed by atoms with E-state index in [4.69, 9.17) is 0 Å². The van der Waals surface area contributed by atoms with E-state index in [-0.39, 0.29) is 0 Å². The van der Waals surface area contributed by atoms with Crippen molar-refractivity contribution in [1.29, 1.82) is 0 Å². The lowest BCUT2D eigenvalue weighted by atomic mass is 10.1. The molecule has 0 radical (unpaired) electrons. The second-order valence-corrected chi connectivity index (χ2v) is 2.74. The first-order valence-corrected chi connectivity index (χ1v) is 4.21. The molecule has 0 aliphatic rings. The fourth-order valence-corrected chi connectivity index (χ4v) is 0.467. The lowest BCUT2D eigenvalue weighted by Crippen LogP contribution is -1.74. The first-order valence-electron chi connectivity index (χ1n) is 4.21. The normalized spacial score (nSPS) is 11.3. The lowest BCUT2D eigenvalue weighted by molar-refractivity contribution is 1.36. The zero-order valence-electron chi connectivity index (χ0n) is 9.06. The third kappa shape index (κ3) is 8.61. The van der Waals surface area contributed by atoms with Gasteiger partial charge in [-0.05, 0) is 26.3 Å². The number of hydrogen-bond donors (Lipinski definition) is 0. The summed E-state index contributed by atoms with van der Waals surface area (Å²) >= 11 is 0. The molecule has 0 aromatic rings. The highest BCUT2D eigenvalue weighted by molar-refractivity contribution is 5.30. The van der Waals surface area contributed by atoms with Gasteiger partial charge in [-0.1, -0.05) is 42.5 Å². The van der Waals surface area contributed by atoms with Crippen LogP contribution in [0.5, 0.6) is 0 Å². The molecule has 0 heterocycles. The number of rotatable bonds is 3. The van der Waals surface area contributed by atoms with E-state index in [1.54, 1.807) is 0 Å². The van der Waals surface area contributed by atoms with Crippen LogP contribution in [-0.4, -0.2) is 0 Å². The molecular formula is C13H20. The van der Waals surface area contributed by atoms with Gasteiger partial charge < -0.3 is 0 Å². The molecular weight excluding hydrogens is 156 g/mol. The molecule has 0 N–H and O–H groups in total. The van der Waals surface area contributed by atoms with Crippen LogP contribution in [0.15, 0.2) is 61.3 Å². The van der Waals surface area contributed by atoms with Crippen molar-refractivity contribution in [3.8, 4) is 0 Å². The molecule has 0 rings (SSSR count). The summed E-state index contributed by atoms with van der Waals surface area (Å²) in [7, 11) is 0. The van der Waals surface area contributed by atoms with E-state index < -0.39 is 0 Å². The van der Waals surface area contributed by atoms with E-state index in [1.807, 2.05) is 26.0 Å². The summed E-state index contributed by atoms with van der Waals surface area (Å²) in [6.45, 7) is 19.6. The second-order valence-electron chi connectivity index (χ2n) is 2.74. The van der Waals surface area contributed by atoms with Crippen LogP contribution in [0.25, 0.3) is 0 Å². The summed E-state index contributed by atoms with van der Waals surface area (Å²) in [6.07, 6.45) is 5.93. The molecule has 0 spiro atoms. The average Bonchev–Trinajstić information content (AvgIpc) is 2.16. The topological polar surface area (TPSA) is 0 Å². The van der Waals surface area contributed by atoms with E-state index in [9.17, 15) is 0 Å². The van der Waals surface area contributed by atoms with Crippen LogP contribution in [0.1, 0.15) is 20.8 Å². The van der Waals surface area contributed by atoms with Crippen LogP contribution < -0.4 is 0 Å². The summed E-state index contributed by atoms with van der Waals surface area (Å²) in [4.78, 5) is 0. The van der Waals surface area contributed by atoms with Crippen LogP contribution in [0, 0.1) is 0 Å². The van der Waals surface area contributed by atoms with Gasteiger partial charge in [0.2, 0.25) is 0 Å². The van der Waals surface area contributed by atoms with E-state index in [0.717, 1.165) is 5.57 Å². The molecule has 0 unspecified atom stereocenters. The highest BCUT2D eigenvalue weighted by Crippen LogP contribution is 2.05. The molecule has 0 aromatic carbocycles. The van der Waals surface area contributed by atoms with Crippen molar-refractivity contribution in [2.24, 2.45) is 0 Å². The summed E-state index contributed by atoms with van der Waals surface area (Å²) in [5, 5.41) is 0. The average molecular weight is 176 g/mol. The van der Waals surface area contributed by atoms with E-state index in [2.05, 4.69) is 39.3 Å². The van der Waals surface area contributed by atoms with Crippen LogP contribution >= 0.6 is 0 Å². The fourth-order valence-electron chi connectivity index (χ4n) is 0.467. The van der Waals surface area contributed by atoms with Crippen molar-refractivity contribution in [3.05, 3.63) is 61.3 Å². The van der Waals surface area contributed by atoms with Crippen LogP contribution in [0.4, 0.5) is 0 Å². The Balaban J connectivity index is 0. The number of allylic oxidation sites excluding steroid dienone is 6. The van der Waals surface area contributed by atoms with Gasteiger partial charge >= 0.3 is 0 Å². The summed E-state index contributed by atoms with van der Waals surface area (Å²) in [6, 6.07) is 0. The third-order valence-corrected chi connectivity index (χ3v) is 1.59. The molecule has 0 nitrogen and oxygen atoms in total. The molecule has 72 valence electrons. The molecule has 0 amide bonds. The highest BCUT2D eigenvalue weighted by atomic mass is 13.9. The predicted molar refractivity (Wildman–Crippen MR) is 63.8 cm³/mol. The number of hydrogen-bond acceptors (Lipinski definition) is 0. The van der Waals surface area contributed by atoms with Crippen molar-refractivity contribution in [3.63, 3.8) is 0 Å². The van der Waals surface area contributed by atoms with E-state index in [0.29, 0.717) is 0 Å². The standard InChI is InChI=1S/C11H16.C2H4/c1-6-10(4)7-8-11(5)9(2)3;1-2/h6-8H,1-2H2,3-5H3;1-2H2/b10-7-,11-8+;. The van der Waals surface area contributed by atoms with Gasteiger partial charge in [-0.2, -0.15) is 0 Å². The third-order valence-electron chi connectivity index (χ3n) is 1.59. The SMILES string of the molecule is C=C.C=C/C(C)=C\C=C(/C)C(=C)C. The highest BCUT2D eigenvalue weighted by Gasteiger charge is 1.85. The Morgan fingerprint density at radius 3 is 1.77 bits per heavy atom. The van der Waals surface area contributed by atoms with Gasteiger partial charge in [0, 0.05) is 0 Å². The summed E-state index contributed by atoms with van der Waals surface area (Å²) in [5.41, 5.74) is 3.50. The zero-order chi connectivity index (χ0) is 10.9. The van der Waals surface area contributed by atoms with Gasteiger partial charge in [0.15, 0.2) is 0 Å². The van der Waals surface area contributed by atoms with Gasteiger partial charge in [0.05, 0.1) is 0 Å². The fraction of sp³-hybridized carbons (Fsp3) is 0.231. The van der Waals surface area contributed by atoms with Crippen molar-refractivity contribution in [2.45, 2.75) is 20.8 Å². The first kappa shape index (κ1) is 14.2. The molecule has 0 saturated carbocycles. The molecule has 0 aromatic heterocycles. The molecule has 0 fully saturated rings. The maximum absolute atomic E-state index is 3.84. The Morgan fingerprint density at radius 2 is 1.46 bits per heavy atom. The zero-order valence-corrected chi connectivity index (χ0v) is 9.06. The second kappa shape index (κ2) is 8.79. The maximum Gasteiger partial charge on any atom is -0.0395 e. The van der Waals surface area contributed by atoms with Crippen molar-refractivity contribution < 1.29 is 0 Å². The monoisotopic (exact) mass is 176 g/mol. The van der Waals surface area contributed by atoms with Crippen molar-refractivity contribution >= 4 is 0 Å². The van der Waals surface area contributed by atoms with Crippen molar-refractivity contribution in [1.82, 2.24) is 0 Å². The minimum atomic E-state index is 1.11. The minimum absolute atomic E-state index is 1.11. The minimum Gasteiger partial charge on any atom is -0.106 e. The molecule has 13 heavy (non-hydrogen) atoms. The predicted octanol–water partition coefficient (Wildman–Crippen LogP) is 4.44. The Labute approximate surface area is 82.7 Å². The molecule has 0 bridgehead atoms. The van der Waals surface area contributed by atoms with E-state index >= 15 is 0 Å². The van der Waals surface area contributed by atoms with Crippen LogP contribution in [0.2, 0.25) is 0 Å². The van der Waals surface area contributed by atoms with Gasteiger partial charge in [0.1, 0.15) is 0 Å². The lowest BCUT2D eigenvalue weighted by Gasteiger charge is -1.95. The largest absolute Gasteiger partial charge is 0.106 e.